The summed E-state index contributed by atoms with van der Waals surface area (Å²) < 4.78 is 12.6. The normalized spacial score (nSPS) is 48.4. The van der Waals surface area contributed by atoms with E-state index in [4.69, 9.17) is 9.47 Å². The maximum Gasteiger partial charge on any atom is 0.302 e. The van der Waals surface area contributed by atoms with Gasteiger partial charge in [-0.15, -0.1) is 0 Å². The van der Waals surface area contributed by atoms with E-state index < -0.39 is 5.41 Å². The van der Waals surface area contributed by atoms with Crippen molar-refractivity contribution in [2.75, 3.05) is 0 Å². The molecule has 0 radical (unpaired) electrons. The molecule has 4 nitrogen and oxygen atoms in total. The van der Waals surface area contributed by atoms with Crippen molar-refractivity contribution in [3.8, 4) is 0 Å². The van der Waals surface area contributed by atoms with Gasteiger partial charge in [0.25, 0.3) is 0 Å². The number of rotatable bonds is 6. The number of ether oxygens (including phenoxy) is 2. The number of hydrogen-bond acceptors (Lipinski definition) is 4. The highest BCUT2D eigenvalue weighted by Gasteiger charge is 2.79. The Bertz CT molecular complexity index is 877. The molecular weight excluding hydrogens is 424 g/mol. The van der Waals surface area contributed by atoms with Gasteiger partial charge in [0, 0.05) is 12.8 Å². The monoisotopic (exact) mass is 470 g/mol. The van der Waals surface area contributed by atoms with E-state index in [1.54, 1.807) is 6.08 Å². The Morgan fingerprint density at radius 2 is 1.91 bits per heavy atom. The molecule has 5 rings (SSSR count). The summed E-state index contributed by atoms with van der Waals surface area (Å²) in [4.78, 5) is 25.8. The van der Waals surface area contributed by atoms with Crippen molar-refractivity contribution in [2.45, 2.75) is 111 Å². The van der Waals surface area contributed by atoms with Crippen LogP contribution in [0.1, 0.15) is 93.4 Å². The Morgan fingerprint density at radius 3 is 2.59 bits per heavy atom. The van der Waals surface area contributed by atoms with E-state index in [0.29, 0.717) is 23.7 Å². The Balaban J connectivity index is 1.46. The van der Waals surface area contributed by atoms with E-state index in [0.717, 1.165) is 31.1 Å². The van der Waals surface area contributed by atoms with Gasteiger partial charge in [-0.1, -0.05) is 53.5 Å². The van der Waals surface area contributed by atoms with Gasteiger partial charge in [-0.25, -0.2) is 0 Å². The third kappa shape index (κ3) is 3.33. The lowest BCUT2D eigenvalue weighted by atomic mass is 9.44. The molecule has 5 aliphatic rings. The van der Waals surface area contributed by atoms with Crippen molar-refractivity contribution in [1.82, 2.24) is 0 Å². The topological polar surface area (TPSA) is 55.9 Å². The van der Waals surface area contributed by atoms with Gasteiger partial charge in [0.2, 0.25) is 0 Å². The third-order valence-electron chi connectivity index (χ3n) is 11.8. The molecule has 34 heavy (non-hydrogen) atoms. The molecule has 1 saturated heterocycles. The number of esters is 1. The SMILES string of the molecule is CC(=O)O[C@@H]1C[C@]2(C)[C@@H]([C@H](C)CC[C@H](C)C(C)C)CC[C@H]2[C@@H]2C[C@H]3O[C@]34CC=CC(=O)[C@]4(C)[C@H]21. The van der Waals surface area contributed by atoms with Gasteiger partial charge in [0.15, 0.2) is 5.78 Å². The van der Waals surface area contributed by atoms with E-state index in [1.807, 2.05) is 6.08 Å². The molecule has 0 aromatic heterocycles. The van der Waals surface area contributed by atoms with Crippen LogP contribution in [0.3, 0.4) is 0 Å². The standard InChI is InChI=1S/C30H46O4/c1-17(2)18(3)10-11-19(4)22-12-13-23-21-15-26-30(34-26)14-8-9-25(32)29(30,7)27(21)24(33-20(5)31)16-28(22,23)6/h8-9,17-19,21-24,26-27H,10-16H2,1-7H3/t18-,19+,21-,22+,23-,24+,26+,27+,28+,29+,30+/m0/s1. The second-order valence-electron chi connectivity index (χ2n) is 13.5. The number of carbonyl (C=O) groups is 2. The number of hydrogen-bond donors (Lipinski definition) is 0. The molecule has 0 N–H and O–H groups in total. The van der Waals surface area contributed by atoms with E-state index in [1.165, 1.54) is 32.6 Å². The van der Waals surface area contributed by atoms with E-state index in [2.05, 4.69) is 41.5 Å². The van der Waals surface area contributed by atoms with Gasteiger partial charge in [0.05, 0.1) is 11.5 Å². The summed E-state index contributed by atoms with van der Waals surface area (Å²) in [5.74, 6) is 3.79. The second-order valence-corrected chi connectivity index (χ2v) is 13.5. The molecule has 11 atom stereocenters. The van der Waals surface area contributed by atoms with Gasteiger partial charge in [-0.3, -0.25) is 9.59 Å². The molecule has 190 valence electrons. The van der Waals surface area contributed by atoms with Crippen LogP contribution >= 0.6 is 0 Å². The molecule has 0 unspecified atom stereocenters. The summed E-state index contributed by atoms with van der Waals surface area (Å²) in [7, 11) is 0. The van der Waals surface area contributed by atoms with Crippen LogP contribution in [0.25, 0.3) is 0 Å². The Labute approximate surface area is 206 Å². The average Bonchev–Trinajstić information content (AvgIpc) is 3.35. The minimum Gasteiger partial charge on any atom is -0.462 e. The fourth-order valence-electron chi connectivity index (χ4n) is 9.54. The highest BCUT2D eigenvalue weighted by Crippen LogP contribution is 2.73. The molecule has 4 heteroatoms. The smallest absolute Gasteiger partial charge is 0.302 e. The van der Waals surface area contributed by atoms with Gasteiger partial charge in [-0.2, -0.15) is 0 Å². The van der Waals surface area contributed by atoms with Gasteiger partial charge < -0.3 is 9.47 Å². The largest absolute Gasteiger partial charge is 0.462 e. The van der Waals surface area contributed by atoms with Crippen molar-refractivity contribution >= 4 is 11.8 Å². The molecule has 1 heterocycles. The Morgan fingerprint density at radius 1 is 1.18 bits per heavy atom. The molecule has 0 bridgehead atoms. The van der Waals surface area contributed by atoms with E-state index in [-0.39, 0.29) is 40.9 Å². The quantitative estimate of drug-likeness (QED) is 0.334. The summed E-state index contributed by atoms with van der Waals surface area (Å²) in [6, 6.07) is 0. The van der Waals surface area contributed by atoms with Crippen molar-refractivity contribution in [3.63, 3.8) is 0 Å². The average molecular weight is 471 g/mol. The molecule has 4 aliphatic carbocycles. The lowest BCUT2D eigenvalue weighted by Crippen LogP contribution is -2.64. The van der Waals surface area contributed by atoms with Gasteiger partial charge >= 0.3 is 5.97 Å². The van der Waals surface area contributed by atoms with E-state index >= 15 is 0 Å². The van der Waals surface area contributed by atoms with Crippen LogP contribution in [-0.4, -0.2) is 29.6 Å². The molecular formula is C30H46O4. The van der Waals surface area contributed by atoms with Crippen molar-refractivity contribution in [1.29, 1.82) is 0 Å². The van der Waals surface area contributed by atoms with Crippen molar-refractivity contribution < 1.29 is 19.1 Å². The zero-order valence-electron chi connectivity index (χ0n) is 22.4. The Hall–Kier alpha value is -1.16. The molecule has 0 aromatic carbocycles. The third-order valence-corrected chi connectivity index (χ3v) is 11.8. The van der Waals surface area contributed by atoms with Crippen molar-refractivity contribution in [3.05, 3.63) is 12.2 Å². The zero-order chi connectivity index (χ0) is 24.6. The fraction of sp³-hybridized carbons (Fsp3) is 0.867. The maximum atomic E-state index is 13.5. The van der Waals surface area contributed by atoms with Crippen LogP contribution in [0.15, 0.2) is 12.2 Å². The molecule has 0 aromatic rings. The highest BCUT2D eigenvalue weighted by atomic mass is 16.6. The lowest BCUT2D eigenvalue weighted by Gasteiger charge is -2.59. The van der Waals surface area contributed by atoms with Gasteiger partial charge in [0.1, 0.15) is 11.7 Å². The summed E-state index contributed by atoms with van der Waals surface area (Å²) >= 11 is 0. The predicted molar refractivity (Wildman–Crippen MR) is 133 cm³/mol. The maximum absolute atomic E-state index is 13.5. The van der Waals surface area contributed by atoms with Crippen LogP contribution in [0.5, 0.6) is 0 Å². The highest BCUT2D eigenvalue weighted by molar-refractivity contribution is 5.98. The van der Waals surface area contributed by atoms with Crippen LogP contribution in [0.4, 0.5) is 0 Å². The van der Waals surface area contributed by atoms with Crippen LogP contribution in [0.2, 0.25) is 0 Å². The first kappa shape index (κ1) is 24.5. The summed E-state index contributed by atoms with van der Waals surface area (Å²) in [6.07, 6.45) is 11.5. The number of carbonyl (C=O) groups excluding carboxylic acids is 2. The summed E-state index contributed by atoms with van der Waals surface area (Å²) in [5, 5.41) is 0. The number of allylic oxidation sites excluding steroid dienone is 1. The molecule has 0 amide bonds. The second kappa shape index (κ2) is 8.18. The predicted octanol–water partition coefficient (Wildman–Crippen LogP) is 6.37. The van der Waals surface area contributed by atoms with Crippen LogP contribution in [0, 0.1) is 52.3 Å². The first-order chi connectivity index (χ1) is 16.0. The Kier molecular flexibility index (Phi) is 5.90. The number of ketones is 1. The fourth-order valence-corrected chi connectivity index (χ4v) is 9.54. The summed E-state index contributed by atoms with van der Waals surface area (Å²) in [5.41, 5.74) is -0.807. The molecule has 1 aliphatic heterocycles. The number of fused-ring (bicyclic) bond motifs is 4. The minimum atomic E-state index is -0.590. The van der Waals surface area contributed by atoms with E-state index in [9.17, 15) is 9.59 Å². The lowest BCUT2D eigenvalue weighted by molar-refractivity contribution is -0.187. The molecule has 3 saturated carbocycles. The van der Waals surface area contributed by atoms with Crippen molar-refractivity contribution in [2.24, 2.45) is 52.3 Å². The van der Waals surface area contributed by atoms with Crippen LogP contribution < -0.4 is 0 Å². The number of epoxide rings is 1. The minimum absolute atomic E-state index is 0.0562. The van der Waals surface area contributed by atoms with Gasteiger partial charge in [-0.05, 0) is 86.0 Å². The molecule has 4 fully saturated rings. The summed E-state index contributed by atoms with van der Waals surface area (Å²) in [6.45, 7) is 15.7. The molecule has 1 spiro atoms. The first-order valence-corrected chi connectivity index (χ1v) is 14.0. The first-order valence-electron chi connectivity index (χ1n) is 14.0. The zero-order valence-corrected chi connectivity index (χ0v) is 22.4. The van der Waals surface area contributed by atoms with Crippen LogP contribution in [-0.2, 0) is 19.1 Å².